The van der Waals surface area contributed by atoms with E-state index in [0.29, 0.717) is 6.54 Å². The fourth-order valence-corrected chi connectivity index (χ4v) is 3.36. The van der Waals surface area contributed by atoms with Gasteiger partial charge in [-0.2, -0.15) is 0 Å². The van der Waals surface area contributed by atoms with Crippen LogP contribution in [0.3, 0.4) is 0 Å². The minimum atomic E-state index is 0.573. The normalized spacial score (nSPS) is 11.0. The zero-order chi connectivity index (χ0) is 14.7. The van der Waals surface area contributed by atoms with Gasteiger partial charge in [0.1, 0.15) is 5.82 Å². The van der Waals surface area contributed by atoms with Crippen molar-refractivity contribution in [2.75, 3.05) is 11.4 Å². The highest BCUT2D eigenvalue weighted by Gasteiger charge is 2.12. The van der Waals surface area contributed by atoms with Crippen LogP contribution in [0.1, 0.15) is 18.1 Å². The van der Waals surface area contributed by atoms with Crippen molar-refractivity contribution in [2.24, 2.45) is 5.73 Å². The summed E-state index contributed by atoms with van der Waals surface area (Å²) in [5.41, 5.74) is 8.32. The summed E-state index contributed by atoms with van der Waals surface area (Å²) in [6, 6.07) is 12.6. The second-order valence-electron chi connectivity index (χ2n) is 4.95. The summed E-state index contributed by atoms with van der Waals surface area (Å²) in [7, 11) is 0. The number of aromatic nitrogens is 1. The average molecular weight is 297 g/mol. The van der Waals surface area contributed by atoms with Crippen molar-refractivity contribution in [1.82, 2.24) is 4.98 Å². The number of nitrogens with zero attached hydrogens (tertiary/aromatic N) is 2. The monoisotopic (exact) mass is 297 g/mol. The van der Waals surface area contributed by atoms with Crippen LogP contribution in [0.25, 0.3) is 10.1 Å². The number of pyridine rings is 1. The second kappa shape index (κ2) is 6.24. The Hall–Kier alpha value is -1.91. The van der Waals surface area contributed by atoms with Gasteiger partial charge in [0, 0.05) is 35.9 Å². The summed E-state index contributed by atoms with van der Waals surface area (Å²) in [4.78, 5) is 6.91. The summed E-state index contributed by atoms with van der Waals surface area (Å²) < 4.78 is 1.28. The molecule has 0 radical (unpaired) electrons. The maximum atomic E-state index is 5.85. The average Bonchev–Trinajstić information content (AvgIpc) is 3.01. The molecule has 0 bridgehead atoms. The quantitative estimate of drug-likeness (QED) is 0.779. The van der Waals surface area contributed by atoms with Gasteiger partial charge in [0.25, 0.3) is 0 Å². The molecule has 0 fully saturated rings. The number of rotatable bonds is 5. The SMILES string of the molecule is CCN(Cc1ccccc1CN)c1nccc2sccc12. The van der Waals surface area contributed by atoms with Gasteiger partial charge in [-0.1, -0.05) is 24.3 Å². The standard InChI is InChI=1S/C17H19N3S/c1-2-20(12-14-6-4-3-5-13(14)11-18)17-15-8-10-21-16(15)7-9-19-17/h3-10H,2,11-12,18H2,1H3. The van der Waals surface area contributed by atoms with Crippen LogP contribution in [0.4, 0.5) is 5.82 Å². The third kappa shape index (κ3) is 2.77. The van der Waals surface area contributed by atoms with Crippen LogP contribution in [-0.4, -0.2) is 11.5 Å². The Kier molecular flexibility index (Phi) is 4.18. The zero-order valence-corrected chi connectivity index (χ0v) is 12.9. The summed E-state index contributed by atoms with van der Waals surface area (Å²) in [6.07, 6.45) is 1.89. The molecular formula is C17H19N3S. The molecule has 3 nitrogen and oxygen atoms in total. The van der Waals surface area contributed by atoms with Crippen LogP contribution < -0.4 is 10.6 Å². The Labute approximate surface area is 129 Å². The predicted octanol–water partition coefficient (Wildman–Crippen LogP) is 3.78. The van der Waals surface area contributed by atoms with Crippen molar-refractivity contribution in [3.63, 3.8) is 0 Å². The lowest BCUT2D eigenvalue weighted by atomic mass is 10.1. The minimum Gasteiger partial charge on any atom is -0.352 e. The smallest absolute Gasteiger partial charge is 0.137 e. The van der Waals surface area contributed by atoms with E-state index >= 15 is 0 Å². The van der Waals surface area contributed by atoms with Crippen LogP contribution in [0.2, 0.25) is 0 Å². The van der Waals surface area contributed by atoms with E-state index in [1.807, 2.05) is 12.3 Å². The highest BCUT2D eigenvalue weighted by atomic mass is 32.1. The number of benzene rings is 1. The summed E-state index contributed by atoms with van der Waals surface area (Å²) in [5.74, 6) is 1.06. The lowest BCUT2D eigenvalue weighted by Crippen LogP contribution is -2.24. The number of fused-ring (bicyclic) bond motifs is 1. The highest BCUT2D eigenvalue weighted by Crippen LogP contribution is 2.29. The van der Waals surface area contributed by atoms with Gasteiger partial charge < -0.3 is 10.6 Å². The van der Waals surface area contributed by atoms with Crippen LogP contribution in [-0.2, 0) is 13.1 Å². The van der Waals surface area contributed by atoms with Gasteiger partial charge in [0.15, 0.2) is 0 Å². The topological polar surface area (TPSA) is 42.1 Å². The second-order valence-corrected chi connectivity index (χ2v) is 5.90. The molecule has 0 saturated carbocycles. The molecule has 0 amide bonds. The molecule has 3 rings (SSSR count). The Bertz CT molecular complexity index is 735. The Morgan fingerprint density at radius 1 is 1.14 bits per heavy atom. The van der Waals surface area contributed by atoms with Crippen molar-refractivity contribution in [3.8, 4) is 0 Å². The van der Waals surface area contributed by atoms with E-state index in [2.05, 4.69) is 52.5 Å². The Balaban J connectivity index is 1.97. The molecule has 3 aromatic rings. The third-order valence-electron chi connectivity index (χ3n) is 3.74. The van der Waals surface area contributed by atoms with Crippen molar-refractivity contribution >= 4 is 27.2 Å². The van der Waals surface area contributed by atoms with E-state index in [9.17, 15) is 0 Å². The lowest BCUT2D eigenvalue weighted by Gasteiger charge is -2.24. The highest BCUT2D eigenvalue weighted by molar-refractivity contribution is 7.17. The molecule has 0 unspecified atom stereocenters. The first kappa shape index (κ1) is 14.0. The Morgan fingerprint density at radius 2 is 1.95 bits per heavy atom. The van der Waals surface area contributed by atoms with Gasteiger partial charge in [-0.3, -0.25) is 0 Å². The number of anilines is 1. The number of hydrogen-bond donors (Lipinski definition) is 1. The molecule has 108 valence electrons. The molecule has 4 heteroatoms. The molecule has 0 atom stereocenters. The van der Waals surface area contributed by atoms with Crippen molar-refractivity contribution in [1.29, 1.82) is 0 Å². The van der Waals surface area contributed by atoms with Crippen molar-refractivity contribution < 1.29 is 0 Å². The lowest BCUT2D eigenvalue weighted by molar-refractivity contribution is 0.808. The van der Waals surface area contributed by atoms with E-state index in [4.69, 9.17) is 5.73 Å². The molecule has 0 aliphatic rings. The molecule has 2 heterocycles. The first-order chi connectivity index (χ1) is 10.3. The largest absolute Gasteiger partial charge is 0.352 e. The van der Waals surface area contributed by atoms with Gasteiger partial charge in [0.05, 0.1) is 0 Å². The summed E-state index contributed by atoms with van der Waals surface area (Å²) >= 11 is 1.76. The molecule has 1 aromatic carbocycles. The van der Waals surface area contributed by atoms with Gasteiger partial charge in [0.2, 0.25) is 0 Å². The van der Waals surface area contributed by atoms with E-state index in [1.165, 1.54) is 21.2 Å². The minimum absolute atomic E-state index is 0.573. The predicted molar refractivity (Wildman–Crippen MR) is 90.7 cm³/mol. The number of thiophene rings is 1. The molecule has 21 heavy (non-hydrogen) atoms. The van der Waals surface area contributed by atoms with Gasteiger partial charge in [-0.25, -0.2) is 4.98 Å². The summed E-state index contributed by atoms with van der Waals surface area (Å²) in [5, 5.41) is 3.35. The molecule has 2 N–H and O–H groups in total. The molecule has 2 aromatic heterocycles. The maximum Gasteiger partial charge on any atom is 0.137 e. The van der Waals surface area contributed by atoms with Crippen LogP contribution in [0, 0.1) is 0 Å². The van der Waals surface area contributed by atoms with E-state index < -0.39 is 0 Å². The molecule has 0 saturated heterocycles. The molecule has 0 aliphatic heterocycles. The molecule has 0 spiro atoms. The van der Waals surface area contributed by atoms with Crippen LogP contribution >= 0.6 is 11.3 Å². The fraction of sp³-hybridized carbons (Fsp3) is 0.235. The van der Waals surface area contributed by atoms with Gasteiger partial charge in [-0.15, -0.1) is 11.3 Å². The summed E-state index contributed by atoms with van der Waals surface area (Å²) in [6.45, 7) is 4.49. The maximum absolute atomic E-state index is 5.85. The van der Waals surface area contributed by atoms with Crippen LogP contribution in [0.5, 0.6) is 0 Å². The van der Waals surface area contributed by atoms with E-state index in [1.54, 1.807) is 11.3 Å². The number of nitrogens with two attached hydrogens (primary N) is 1. The van der Waals surface area contributed by atoms with Gasteiger partial charge >= 0.3 is 0 Å². The first-order valence-corrected chi connectivity index (χ1v) is 8.05. The molecule has 0 aliphatic carbocycles. The van der Waals surface area contributed by atoms with E-state index in [-0.39, 0.29) is 0 Å². The third-order valence-corrected chi connectivity index (χ3v) is 4.62. The van der Waals surface area contributed by atoms with Crippen molar-refractivity contribution in [2.45, 2.75) is 20.0 Å². The fourth-order valence-electron chi connectivity index (χ4n) is 2.58. The number of hydrogen-bond acceptors (Lipinski definition) is 4. The molecular weight excluding hydrogens is 278 g/mol. The van der Waals surface area contributed by atoms with Gasteiger partial charge in [-0.05, 0) is 35.6 Å². The first-order valence-electron chi connectivity index (χ1n) is 7.17. The van der Waals surface area contributed by atoms with Crippen LogP contribution in [0.15, 0.2) is 48.0 Å². The van der Waals surface area contributed by atoms with Crippen molar-refractivity contribution in [3.05, 3.63) is 59.1 Å². The zero-order valence-electron chi connectivity index (χ0n) is 12.1. The van der Waals surface area contributed by atoms with E-state index in [0.717, 1.165) is 18.9 Å². The Morgan fingerprint density at radius 3 is 2.71 bits per heavy atom.